The molecule has 0 unspecified atom stereocenters. The second kappa shape index (κ2) is 8.48. The van der Waals surface area contributed by atoms with Gasteiger partial charge in [0.05, 0.1) is 0 Å². The maximum absolute atomic E-state index is 6.00. The Kier molecular flexibility index (Phi) is 5.35. The first-order chi connectivity index (χ1) is 16.1. The Morgan fingerprint density at radius 1 is 0.788 bits per heavy atom. The topological polar surface area (TPSA) is 26.3 Å². The molecular formula is C31H26O2. The van der Waals surface area contributed by atoms with Crippen LogP contribution in [-0.2, 0) is 0 Å². The molecule has 0 aliphatic carbocycles. The predicted molar refractivity (Wildman–Crippen MR) is 141 cm³/mol. The van der Waals surface area contributed by atoms with Crippen molar-refractivity contribution in [1.82, 2.24) is 0 Å². The minimum atomic E-state index is 0.874. The number of benzene rings is 3. The van der Waals surface area contributed by atoms with Crippen LogP contribution in [0.4, 0.5) is 0 Å². The van der Waals surface area contributed by atoms with Crippen molar-refractivity contribution in [2.24, 2.45) is 0 Å². The molecule has 0 saturated heterocycles. The fourth-order valence-electron chi connectivity index (χ4n) is 4.44. The van der Waals surface area contributed by atoms with Crippen molar-refractivity contribution in [3.05, 3.63) is 107 Å². The third-order valence-electron chi connectivity index (χ3n) is 6.15. The van der Waals surface area contributed by atoms with E-state index in [4.69, 9.17) is 8.83 Å². The summed E-state index contributed by atoms with van der Waals surface area (Å²) in [7, 11) is 0. The number of furan rings is 2. The van der Waals surface area contributed by atoms with Crippen molar-refractivity contribution in [2.75, 3.05) is 0 Å². The van der Waals surface area contributed by atoms with Crippen LogP contribution in [0, 0.1) is 0 Å². The average molecular weight is 431 g/mol. The van der Waals surface area contributed by atoms with Gasteiger partial charge >= 0.3 is 0 Å². The predicted octanol–water partition coefficient (Wildman–Crippen LogP) is 7.61. The third kappa shape index (κ3) is 3.64. The fourth-order valence-corrected chi connectivity index (χ4v) is 4.44. The molecular weight excluding hydrogens is 404 g/mol. The molecule has 0 fully saturated rings. The summed E-state index contributed by atoms with van der Waals surface area (Å²) < 4.78 is 12.0. The van der Waals surface area contributed by atoms with E-state index in [0.29, 0.717) is 0 Å². The van der Waals surface area contributed by atoms with Crippen molar-refractivity contribution in [3.8, 4) is 0 Å². The van der Waals surface area contributed by atoms with E-state index in [-0.39, 0.29) is 0 Å². The SMILES string of the molecule is C=C/C=c1\c(=C/C)oc2ccc(/C(C)=C/C(=C\C)c3ccc4oc5ccccc5c4c3)cc12. The van der Waals surface area contributed by atoms with E-state index in [9.17, 15) is 0 Å². The van der Waals surface area contributed by atoms with E-state index >= 15 is 0 Å². The lowest BCUT2D eigenvalue weighted by Gasteiger charge is -2.07. The Morgan fingerprint density at radius 3 is 2.24 bits per heavy atom. The molecule has 162 valence electrons. The van der Waals surface area contributed by atoms with Crippen LogP contribution in [0.25, 0.3) is 56.2 Å². The average Bonchev–Trinajstić information content (AvgIpc) is 3.39. The first-order valence-electron chi connectivity index (χ1n) is 11.2. The number of hydrogen-bond acceptors (Lipinski definition) is 2. The molecule has 5 aromatic rings. The molecule has 0 bridgehead atoms. The standard InChI is InChI=1S/C31H26O2/c1-5-10-24-26-18-22(13-15-30(26)32-28(24)7-3)20(4)17-21(6-2)23-14-16-31-27(19-23)25-11-8-9-12-29(25)33-31/h5-19H,1H2,2-4H3/b20-17+,21-6+,24-10-,28-7+. The second-order valence-electron chi connectivity index (χ2n) is 8.16. The summed E-state index contributed by atoms with van der Waals surface area (Å²) in [6, 6.07) is 21.0. The lowest BCUT2D eigenvalue weighted by Crippen LogP contribution is -2.18. The molecule has 0 saturated carbocycles. The van der Waals surface area contributed by atoms with Gasteiger partial charge < -0.3 is 8.83 Å². The highest BCUT2D eigenvalue weighted by atomic mass is 16.3. The Morgan fingerprint density at radius 2 is 1.48 bits per heavy atom. The van der Waals surface area contributed by atoms with Crippen LogP contribution in [0.5, 0.6) is 0 Å². The van der Waals surface area contributed by atoms with Gasteiger partial charge in [-0.3, -0.25) is 0 Å². The molecule has 2 nitrogen and oxygen atoms in total. The van der Waals surface area contributed by atoms with Crippen LogP contribution in [0.2, 0.25) is 0 Å². The van der Waals surface area contributed by atoms with Gasteiger partial charge in [-0.05, 0) is 79.5 Å². The molecule has 5 rings (SSSR count). The van der Waals surface area contributed by atoms with Gasteiger partial charge in [0.25, 0.3) is 0 Å². The molecule has 0 aliphatic heterocycles. The summed E-state index contributed by atoms with van der Waals surface area (Å²) in [6.07, 6.45) is 10.2. The maximum atomic E-state index is 6.00. The van der Waals surface area contributed by atoms with Gasteiger partial charge in [-0.2, -0.15) is 0 Å². The summed E-state index contributed by atoms with van der Waals surface area (Å²) in [5.41, 5.74) is 8.29. The lowest BCUT2D eigenvalue weighted by molar-refractivity contribution is 0.575. The second-order valence-corrected chi connectivity index (χ2v) is 8.16. The number of rotatable bonds is 4. The lowest BCUT2D eigenvalue weighted by atomic mass is 9.97. The Labute approximate surface area is 193 Å². The zero-order chi connectivity index (χ0) is 22.9. The first kappa shape index (κ1) is 20.8. The van der Waals surface area contributed by atoms with Crippen LogP contribution in [0.1, 0.15) is 31.9 Å². The Bertz CT molecular complexity index is 1700. The highest BCUT2D eigenvalue weighted by Gasteiger charge is 2.10. The zero-order valence-electron chi connectivity index (χ0n) is 19.2. The number of para-hydroxylation sites is 1. The van der Waals surface area contributed by atoms with E-state index in [1.807, 2.05) is 31.2 Å². The summed E-state index contributed by atoms with van der Waals surface area (Å²) in [6.45, 7) is 10.1. The van der Waals surface area contributed by atoms with Gasteiger partial charge in [0.2, 0.25) is 0 Å². The minimum absolute atomic E-state index is 0.874. The van der Waals surface area contributed by atoms with Gasteiger partial charge in [-0.25, -0.2) is 0 Å². The van der Waals surface area contributed by atoms with Crippen LogP contribution in [0.15, 0.2) is 94.3 Å². The van der Waals surface area contributed by atoms with Gasteiger partial charge in [0.1, 0.15) is 22.2 Å². The van der Waals surface area contributed by atoms with Crippen molar-refractivity contribution in [2.45, 2.75) is 20.8 Å². The quantitative estimate of drug-likeness (QED) is 0.274. The van der Waals surface area contributed by atoms with Gasteiger partial charge in [-0.1, -0.05) is 61.2 Å². The van der Waals surface area contributed by atoms with Crippen molar-refractivity contribution < 1.29 is 8.83 Å². The van der Waals surface area contributed by atoms with E-state index < -0.39 is 0 Å². The smallest absolute Gasteiger partial charge is 0.135 e. The van der Waals surface area contributed by atoms with Crippen LogP contribution < -0.4 is 10.6 Å². The van der Waals surface area contributed by atoms with E-state index in [1.54, 1.807) is 6.08 Å². The molecule has 0 spiro atoms. The minimum Gasteiger partial charge on any atom is -0.456 e. The highest BCUT2D eigenvalue weighted by Crippen LogP contribution is 2.32. The molecule has 0 atom stereocenters. The molecule has 0 radical (unpaired) electrons. The first-order valence-corrected chi connectivity index (χ1v) is 11.2. The van der Waals surface area contributed by atoms with Gasteiger partial charge in [0.15, 0.2) is 0 Å². The monoisotopic (exact) mass is 430 g/mol. The molecule has 0 N–H and O–H groups in total. The van der Waals surface area contributed by atoms with Crippen LogP contribution in [-0.4, -0.2) is 0 Å². The van der Waals surface area contributed by atoms with Gasteiger partial charge in [0, 0.05) is 21.4 Å². The van der Waals surface area contributed by atoms with E-state index in [2.05, 4.69) is 81.1 Å². The number of fused-ring (bicyclic) bond motifs is 4. The third-order valence-corrected chi connectivity index (χ3v) is 6.15. The molecule has 0 amide bonds. The van der Waals surface area contributed by atoms with Crippen LogP contribution in [0.3, 0.4) is 0 Å². The number of allylic oxidation sites excluding steroid dienone is 5. The van der Waals surface area contributed by atoms with Crippen molar-refractivity contribution in [3.63, 3.8) is 0 Å². The summed E-state index contributed by atoms with van der Waals surface area (Å²) in [5.74, 6) is 0. The van der Waals surface area contributed by atoms with E-state index in [1.165, 1.54) is 22.3 Å². The van der Waals surface area contributed by atoms with Crippen molar-refractivity contribution in [1.29, 1.82) is 0 Å². The fraction of sp³-hybridized carbons (Fsp3) is 0.0968. The van der Waals surface area contributed by atoms with Gasteiger partial charge in [-0.15, -0.1) is 0 Å². The summed E-state index contributed by atoms with van der Waals surface area (Å²) in [4.78, 5) is 0. The Hall–Kier alpha value is -4.04. The summed E-state index contributed by atoms with van der Waals surface area (Å²) >= 11 is 0. The largest absolute Gasteiger partial charge is 0.456 e. The molecule has 2 heteroatoms. The zero-order valence-corrected chi connectivity index (χ0v) is 19.2. The maximum Gasteiger partial charge on any atom is 0.135 e. The van der Waals surface area contributed by atoms with Crippen LogP contribution >= 0.6 is 0 Å². The highest BCUT2D eigenvalue weighted by molar-refractivity contribution is 6.06. The van der Waals surface area contributed by atoms with E-state index in [0.717, 1.165) is 43.5 Å². The molecule has 2 aromatic heterocycles. The Balaban J connectivity index is 1.60. The summed E-state index contributed by atoms with van der Waals surface area (Å²) in [5, 5.41) is 4.45. The number of hydrogen-bond donors (Lipinski definition) is 0. The molecule has 33 heavy (non-hydrogen) atoms. The molecule has 2 heterocycles. The molecule has 0 aliphatic rings. The molecule has 3 aromatic carbocycles. The normalized spacial score (nSPS) is 14.2. The van der Waals surface area contributed by atoms with Crippen molar-refractivity contribution >= 4 is 56.2 Å².